The van der Waals surface area contributed by atoms with Gasteiger partial charge in [-0.05, 0) is 23.8 Å². The van der Waals surface area contributed by atoms with E-state index in [-0.39, 0.29) is 12.3 Å². The number of fused-ring (bicyclic) bond motifs is 2. The molecule has 3 N–H and O–H groups in total. The van der Waals surface area contributed by atoms with Gasteiger partial charge in [0.2, 0.25) is 5.91 Å². The third kappa shape index (κ3) is 4.43. The van der Waals surface area contributed by atoms with E-state index >= 15 is 0 Å². The van der Waals surface area contributed by atoms with Crippen LogP contribution in [0.3, 0.4) is 0 Å². The zero-order chi connectivity index (χ0) is 26.9. The molecule has 6 heterocycles. The Kier molecular flexibility index (Phi) is 5.74. The Hall–Kier alpha value is -5.77. The highest BCUT2D eigenvalue weighted by Gasteiger charge is 2.17. The summed E-state index contributed by atoms with van der Waals surface area (Å²) in [5, 5.41) is 11.4. The third-order valence-electron chi connectivity index (χ3n) is 6.56. The summed E-state index contributed by atoms with van der Waals surface area (Å²) in [6.45, 7) is 0. The summed E-state index contributed by atoms with van der Waals surface area (Å²) in [4.78, 5) is 38.3. The fourth-order valence-corrected chi connectivity index (χ4v) is 4.67. The number of benzene rings is 1. The molecule has 0 fully saturated rings. The van der Waals surface area contributed by atoms with Gasteiger partial charge in [-0.1, -0.05) is 36.4 Å². The molecule has 10 nitrogen and oxygen atoms in total. The standard InChI is InChI=1S/C30H21N9O/c40-27(9-18-5-2-1-3-6-18)35-21-10-20(13-32-14-21)24-11-22-25(17-34-24)38-39-29(22)30-36-26-16-33-15-23(28(26)37-30)19-7-4-8-31-12-19/h1-8,10-17H,9H2,(H,35,40)(H,36,37)(H,38,39). The van der Waals surface area contributed by atoms with Crippen molar-refractivity contribution in [2.24, 2.45) is 0 Å². The van der Waals surface area contributed by atoms with Crippen molar-refractivity contribution >= 4 is 33.5 Å². The van der Waals surface area contributed by atoms with Crippen molar-refractivity contribution in [2.75, 3.05) is 5.32 Å². The van der Waals surface area contributed by atoms with Gasteiger partial charge in [0.25, 0.3) is 0 Å². The van der Waals surface area contributed by atoms with E-state index in [1.165, 1.54) is 0 Å². The maximum atomic E-state index is 12.6. The number of nitrogens with zero attached hydrogens (tertiary/aromatic N) is 6. The molecular weight excluding hydrogens is 502 g/mol. The highest BCUT2D eigenvalue weighted by molar-refractivity contribution is 5.97. The molecule has 0 spiro atoms. The summed E-state index contributed by atoms with van der Waals surface area (Å²) in [6, 6.07) is 17.3. The minimum atomic E-state index is -0.115. The molecule has 192 valence electrons. The number of hydrogen-bond donors (Lipinski definition) is 3. The first-order valence-corrected chi connectivity index (χ1v) is 12.6. The molecule has 0 aliphatic rings. The van der Waals surface area contributed by atoms with E-state index in [1.807, 2.05) is 54.6 Å². The first kappa shape index (κ1) is 23.4. The number of rotatable bonds is 6. The summed E-state index contributed by atoms with van der Waals surface area (Å²) in [7, 11) is 0. The van der Waals surface area contributed by atoms with Crippen LogP contribution < -0.4 is 5.32 Å². The van der Waals surface area contributed by atoms with Gasteiger partial charge in [-0.3, -0.25) is 29.8 Å². The monoisotopic (exact) mass is 523 g/mol. The summed E-state index contributed by atoms with van der Waals surface area (Å²) >= 11 is 0. The SMILES string of the molecule is O=C(Cc1ccccc1)Nc1cncc(-c2cc3c(-c4nc5c(-c6cccnc6)cncc5[nH]4)n[nH]c3cn2)c1. The second-order valence-electron chi connectivity index (χ2n) is 9.27. The van der Waals surface area contributed by atoms with Crippen molar-refractivity contribution in [2.45, 2.75) is 6.42 Å². The fraction of sp³-hybridized carbons (Fsp3) is 0.0333. The zero-order valence-corrected chi connectivity index (χ0v) is 21.0. The Morgan fingerprint density at radius 3 is 2.58 bits per heavy atom. The van der Waals surface area contributed by atoms with Crippen LogP contribution in [0.5, 0.6) is 0 Å². The van der Waals surface area contributed by atoms with Gasteiger partial charge in [0.15, 0.2) is 5.82 Å². The van der Waals surface area contributed by atoms with Crippen LogP contribution in [0.25, 0.3) is 55.8 Å². The van der Waals surface area contributed by atoms with Crippen LogP contribution in [-0.4, -0.2) is 46.0 Å². The minimum Gasteiger partial charge on any atom is -0.335 e. The maximum Gasteiger partial charge on any atom is 0.228 e. The van der Waals surface area contributed by atoms with Crippen LogP contribution >= 0.6 is 0 Å². The summed E-state index contributed by atoms with van der Waals surface area (Å²) in [6.07, 6.45) is 12.4. The largest absolute Gasteiger partial charge is 0.335 e. The molecule has 0 bridgehead atoms. The van der Waals surface area contributed by atoms with Crippen molar-refractivity contribution < 1.29 is 4.79 Å². The number of aromatic amines is 2. The van der Waals surface area contributed by atoms with Gasteiger partial charge in [0, 0.05) is 46.9 Å². The number of carbonyl (C=O) groups excluding carboxylic acids is 1. The van der Waals surface area contributed by atoms with E-state index < -0.39 is 0 Å². The lowest BCUT2D eigenvalue weighted by Crippen LogP contribution is -2.14. The van der Waals surface area contributed by atoms with E-state index in [0.717, 1.165) is 44.2 Å². The molecule has 40 heavy (non-hydrogen) atoms. The number of carbonyl (C=O) groups is 1. The van der Waals surface area contributed by atoms with Gasteiger partial charge in [-0.15, -0.1) is 0 Å². The van der Waals surface area contributed by atoms with Crippen LogP contribution in [0.2, 0.25) is 0 Å². The number of aromatic nitrogens is 8. The number of H-pyrrole nitrogens is 2. The van der Waals surface area contributed by atoms with Gasteiger partial charge in [-0.2, -0.15) is 5.10 Å². The van der Waals surface area contributed by atoms with Gasteiger partial charge in [0.1, 0.15) is 11.2 Å². The van der Waals surface area contributed by atoms with Crippen LogP contribution in [0.4, 0.5) is 5.69 Å². The minimum absolute atomic E-state index is 0.115. The average molecular weight is 524 g/mol. The van der Waals surface area contributed by atoms with Gasteiger partial charge in [0.05, 0.1) is 47.4 Å². The molecule has 1 amide bonds. The van der Waals surface area contributed by atoms with Crippen LogP contribution in [-0.2, 0) is 11.2 Å². The molecule has 10 heteroatoms. The Labute approximate surface area is 227 Å². The molecule has 0 atom stereocenters. The quantitative estimate of drug-likeness (QED) is 0.272. The van der Waals surface area contributed by atoms with Crippen LogP contribution in [0, 0.1) is 0 Å². The maximum absolute atomic E-state index is 12.6. The first-order valence-electron chi connectivity index (χ1n) is 12.6. The second kappa shape index (κ2) is 9.84. The van der Waals surface area contributed by atoms with Crippen molar-refractivity contribution in [3.63, 3.8) is 0 Å². The topological polar surface area (TPSA) is 138 Å². The van der Waals surface area contributed by atoms with E-state index in [2.05, 4.69) is 40.4 Å². The lowest BCUT2D eigenvalue weighted by atomic mass is 10.1. The highest BCUT2D eigenvalue weighted by atomic mass is 16.1. The number of amides is 1. The van der Waals surface area contributed by atoms with Gasteiger partial charge in [-0.25, -0.2) is 4.98 Å². The molecule has 0 unspecified atom stereocenters. The van der Waals surface area contributed by atoms with E-state index in [0.29, 0.717) is 22.9 Å². The highest BCUT2D eigenvalue weighted by Crippen LogP contribution is 2.32. The van der Waals surface area contributed by atoms with Crippen LogP contribution in [0.15, 0.2) is 98.0 Å². The molecule has 0 aliphatic heterocycles. The molecule has 1 aromatic carbocycles. The Morgan fingerprint density at radius 1 is 0.825 bits per heavy atom. The normalized spacial score (nSPS) is 11.2. The first-order chi connectivity index (χ1) is 19.7. The molecule has 0 saturated heterocycles. The number of hydrogen-bond acceptors (Lipinski definition) is 7. The van der Waals surface area contributed by atoms with E-state index in [4.69, 9.17) is 4.98 Å². The van der Waals surface area contributed by atoms with Crippen molar-refractivity contribution in [3.8, 4) is 33.9 Å². The number of anilines is 1. The molecular formula is C30H21N9O. The Bertz CT molecular complexity index is 1980. The number of nitrogens with one attached hydrogen (secondary N) is 3. The summed E-state index contributed by atoms with van der Waals surface area (Å²) < 4.78 is 0. The molecule has 0 aliphatic carbocycles. The number of imidazole rings is 1. The Morgan fingerprint density at radius 2 is 1.70 bits per heavy atom. The lowest BCUT2D eigenvalue weighted by molar-refractivity contribution is -0.115. The Balaban J connectivity index is 1.21. The van der Waals surface area contributed by atoms with E-state index in [1.54, 1.807) is 43.4 Å². The van der Waals surface area contributed by atoms with Gasteiger partial charge >= 0.3 is 0 Å². The summed E-state index contributed by atoms with van der Waals surface area (Å²) in [5.74, 6) is 0.493. The fourth-order valence-electron chi connectivity index (χ4n) is 4.67. The average Bonchev–Trinajstić information content (AvgIpc) is 3.62. The molecule has 7 aromatic rings. The van der Waals surface area contributed by atoms with Crippen molar-refractivity contribution in [1.82, 2.24) is 40.1 Å². The molecule has 0 radical (unpaired) electrons. The molecule has 7 rings (SSSR count). The second-order valence-corrected chi connectivity index (χ2v) is 9.27. The van der Waals surface area contributed by atoms with Crippen molar-refractivity contribution in [1.29, 1.82) is 0 Å². The zero-order valence-electron chi connectivity index (χ0n) is 21.0. The van der Waals surface area contributed by atoms with Gasteiger partial charge < -0.3 is 10.3 Å². The molecule has 0 saturated carbocycles. The summed E-state index contributed by atoms with van der Waals surface area (Å²) in [5.41, 5.74) is 7.81. The van der Waals surface area contributed by atoms with E-state index in [9.17, 15) is 4.79 Å². The molecule has 6 aromatic heterocycles. The smallest absolute Gasteiger partial charge is 0.228 e. The number of pyridine rings is 4. The van der Waals surface area contributed by atoms with Crippen molar-refractivity contribution in [3.05, 3.63) is 104 Å². The predicted molar refractivity (Wildman–Crippen MR) is 152 cm³/mol. The lowest BCUT2D eigenvalue weighted by Gasteiger charge is -2.07. The van der Waals surface area contributed by atoms with Crippen LogP contribution in [0.1, 0.15) is 5.56 Å². The third-order valence-corrected chi connectivity index (χ3v) is 6.56. The predicted octanol–water partition coefficient (Wildman–Crippen LogP) is 5.20.